The van der Waals surface area contributed by atoms with Crippen LogP contribution in [0.3, 0.4) is 0 Å². The Hall–Kier alpha value is -2.01. The number of anilines is 1. The highest BCUT2D eigenvalue weighted by Crippen LogP contribution is 2.17. The standard InChI is InChI=1S/C17H25N5/c1-5-15-12-16(19-10-11-22(4)13(2)3)21-17(20-15)14-6-8-18-9-7-14/h6-9,12-13H,5,10-11H2,1-4H3,(H,19,20,21). The molecule has 0 atom stereocenters. The van der Waals surface area contributed by atoms with Crippen molar-refractivity contribution in [2.45, 2.75) is 33.2 Å². The summed E-state index contributed by atoms with van der Waals surface area (Å²) >= 11 is 0. The van der Waals surface area contributed by atoms with Crippen LogP contribution in [0.5, 0.6) is 0 Å². The third-order valence-electron chi connectivity index (χ3n) is 3.73. The molecule has 0 radical (unpaired) electrons. The number of aryl methyl sites for hydroxylation is 1. The normalized spacial score (nSPS) is 11.2. The van der Waals surface area contributed by atoms with Crippen LogP contribution in [0.1, 0.15) is 26.5 Å². The molecule has 118 valence electrons. The molecule has 1 N–H and O–H groups in total. The summed E-state index contributed by atoms with van der Waals surface area (Å²) in [6, 6.07) is 6.45. The Morgan fingerprint density at radius 2 is 1.91 bits per heavy atom. The van der Waals surface area contributed by atoms with Gasteiger partial charge in [-0.05, 0) is 39.4 Å². The molecule has 0 aliphatic heterocycles. The molecule has 2 heterocycles. The Morgan fingerprint density at radius 3 is 2.55 bits per heavy atom. The number of pyridine rings is 1. The minimum atomic E-state index is 0.547. The minimum Gasteiger partial charge on any atom is -0.369 e. The van der Waals surface area contributed by atoms with Crippen LogP contribution in [0, 0.1) is 0 Å². The minimum absolute atomic E-state index is 0.547. The van der Waals surface area contributed by atoms with Gasteiger partial charge in [0.15, 0.2) is 5.82 Å². The summed E-state index contributed by atoms with van der Waals surface area (Å²) < 4.78 is 0. The van der Waals surface area contributed by atoms with Crippen molar-refractivity contribution in [2.75, 3.05) is 25.5 Å². The highest BCUT2D eigenvalue weighted by atomic mass is 15.1. The Bertz CT molecular complexity index is 583. The van der Waals surface area contributed by atoms with Gasteiger partial charge in [0, 0.05) is 48.8 Å². The maximum atomic E-state index is 4.62. The molecule has 0 aromatic carbocycles. The van der Waals surface area contributed by atoms with Gasteiger partial charge in [-0.25, -0.2) is 9.97 Å². The number of likely N-dealkylation sites (N-methyl/N-ethyl adjacent to an activating group) is 1. The van der Waals surface area contributed by atoms with Crippen molar-refractivity contribution >= 4 is 5.82 Å². The number of hydrogen-bond acceptors (Lipinski definition) is 5. The summed E-state index contributed by atoms with van der Waals surface area (Å²) in [5.41, 5.74) is 2.04. The van der Waals surface area contributed by atoms with Crippen LogP contribution in [-0.4, -0.2) is 46.0 Å². The first kappa shape index (κ1) is 16.4. The van der Waals surface area contributed by atoms with Gasteiger partial charge in [-0.1, -0.05) is 6.92 Å². The molecule has 5 nitrogen and oxygen atoms in total. The number of rotatable bonds is 7. The highest BCUT2D eigenvalue weighted by Gasteiger charge is 2.07. The van der Waals surface area contributed by atoms with E-state index in [0.717, 1.165) is 42.4 Å². The van der Waals surface area contributed by atoms with Crippen molar-refractivity contribution in [3.8, 4) is 11.4 Å². The van der Waals surface area contributed by atoms with E-state index in [1.807, 2.05) is 18.2 Å². The van der Waals surface area contributed by atoms with Crippen LogP contribution in [0.15, 0.2) is 30.6 Å². The second kappa shape index (κ2) is 7.84. The molecule has 2 rings (SSSR count). The largest absolute Gasteiger partial charge is 0.369 e. The van der Waals surface area contributed by atoms with E-state index in [9.17, 15) is 0 Å². The van der Waals surface area contributed by atoms with Gasteiger partial charge >= 0.3 is 0 Å². The zero-order valence-electron chi connectivity index (χ0n) is 13.9. The molecule has 2 aromatic rings. The van der Waals surface area contributed by atoms with E-state index in [2.05, 4.69) is 53.0 Å². The lowest BCUT2D eigenvalue weighted by Crippen LogP contribution is -2.31. The topological polar surface area (TPSA) is 53.9 Å². The number of nitrogens with zero attached hydrogens (tertiary/aromatic N) is 4. The lowest BCUT2D eigenvalue weighted by molar-refractivity contribution is 0.284. The molecule has 0 unspecified atom stereocenters. The summed E-state index contributed by atoms with van der Waals surface area (Å²) in [5.74, 6) is 1.64. The molecule has 0 aliphatic rings. The molecule has 0 amide bonds. The summed E-state index contributed by atoms with van der Waals surface area (Å²) in [6.45, 7) is 8.34. The second-order valence-corrected chi connectivity index (χ2v) is 5.66. The fourth-order valence-corrected chi connectivity index (χ4v) is 2.02. The first-order valence-electron chi connectivity index (χ1n) is 7.82. The molecule has 0 saturated carbocycles. The quantitative estimate of drug-likeness (QED) is 0.852. The van der Waals surface area contributed by atoms with Gasteiger partial charge in [0.25, 0.3) is 0 Å². The maximum Gasteiger partial charge on any atom is 0.161 e. The SMILES string of the molecule is CCc1cc(NCCN(C)C(C)C)nc(-c2ccncc2)n1. The fourth-order valence-electron chi connectivity index (χ4n) is 2.02. The van der Waals surface area contributed by atoms with E-state index in [-0.39, 0.29) is 0 Å². The third kappa shape index (κ3) is 4.49. The van der Waals surface area contributed by atoms with E-state index in [4.69, 9.17) is 0 Å². The van der Waals surface area contributed by atoms with Gasteiger partial charge in [-0.3, -0.25) is 4.98 Å². The van der Waals surface area contributed by atoms with Crippen molar-refractivity contribution in [3.63, 3.8) is 0 Å². The van der Waals surface area contributed by atoms with E-state index >= 15 is 0 Å². The monoisotopic (exact) mass is 299 g/mol. The zero-order chi connectivity index (χ0) is 15.9. The van der Waals surface area contributed by atoms with Gasteiger partial charge in [-0.15, -0.1) is 0 Å². The fraction of sp³-hybridized carbons (Fsp3) is 0.471. The smallest absolute Gasteiger partial charge is 0.161 e. The molecule has 5 heteroatoms. The summed E-state index contributed by atoms with van der Waals surface area (Å²) in [7, 11) is 2.13. The predicted molar refractivity (Wildman–Crippen MR) is 90.9 cm³/mol. The first-order valence-corrected chi connectivity index (χ1v) is 7.82. The lowest BCUT2D eigenvalue weighted by Gasteiger charge is -2.21. The van der Waals surface area contributed by atoms with Crippen LogP contribution >= 0.6 is 0 Å². The van der Waals surface area contributed by atoms with Crippen LogP contribution in [-0.2, 0) is 6.42 Å². The van der Waals surface area contributed by atoms with Crippen molar-refractivity contribution in [1.82, 2.24) is 19.9 Å². The van der Waals surface area contributed by atoms with Crippen molar-refractivity contribution in [1.29, 1.82) is 0 Å². The Balaban J connectivity index is 2.11. The van der Waals surface area contributed by atoms with Crippen LogP contribution in [0.4, 0.5) is 5.82 Å². The molecule has 0 saturated heterocycles. The van der Waals surface area contributed by atoms with Crippen LogP contribution < -0.4 is 5.32 Å². The first-order chi connectivity index (χ1) is 10.6. The lowest BCUT2D eigenvalue weighted by atomic mass is 10.2. The van der Waals surface area contributed by atoms with E-state index < -0.39 is 0 Å². The van der Waals surface area contributed by atoms with Crippen LogP contribution in [0.2, 0.25) is 0 Å². The Labute approximate surface area is 132 Å². The third-order valence-corrected chi connectivity index (χ3v) is 3.73. The predicted octanol–water partition coefficient (Wildman–Crippen LogP) is 2.85. The van der Waals surface area contributed by atoms with Crippen LogP contribution in [0.25, 0.3) is 11.4 Å². The molecule has 22 heavy (non-hydrogen) atoms. The van der Waals surface area contributed by atoms with Gasteiger partial charge in [-0.2, -0.15) is 0 Å². The van der Waals surface area contributed by atoms with Gasteiger partial charge in [0.1, 0.15) is 5.82 Å². The van der Waals surface area contributed by atoms with Crippen molar-refractivity contribution in [3.05, 3.63) is 36.3 Å². The summed E-state index contributed by atoms with van der Waals surface area (Å²) in [4.78, 5) is 15.6. The molecule has 0 spiro atoms. The van der Waals surface area contributed by atoms with E-state index in [0.29, 0.717) is 6.04 Å². The molecule has 0 fully saturated rings. The van der Waals surface area contributed by atoms with E-state index in [1.54, 1.807) is 12.4 Å². The van der Waals surface area contributed by atoms with Gasteiger partial charge < -0.3 is 10.2 Å². The van der Waals surface area contributed by atoms with E-state index in [1.165, 1.54) is 0 Å². The number of hydrogen-bond donors (Lipinski definition) is 1. The Morgan fingerprint density at radius 1 is 1.18 bits per heavy atom. The van der Waals surface area contributed by atoms with Gasteiger partial charge in [0.05, 0.1) is 0 Å². The summed E-state index contributed by atoms with van der Waals surface area (Å²) in [6.07, 6.45) is 4.42. The Kier molecular flexibility index (Phi) is 5.83. The van der Waals surface area contributed by atoms with Crippen molar-refractivity contribution in [2.24, 2.45) is 0 Å². The highest BCUT2D eigenvalue weighted by molar-refractivity contribution is 5.56. The van der Waals surface area contributed by atoms with Crippen molar-refractivity contribution < 1.29 is 0 Å². The van der Waals surface area contributed by atoms with Gasteiger partial charge in [0.2, 0.25) is 0 Å². The molecule has 2 aromatic heterocycles. The average Bonchev–Trinajstić information content (AvgIpc) is 2.55. The number of nitrogens with one attached hydrogen (secondary N) is 1. The number of aromatic nitrogens is 3. The molecule has 0 aliphatic carbocycles. The molecule has 0 bridgehead atoms. The average molecular weight is 299 g/mol. The molecular formula is C17H25N5. The summed E-state index contributed by atoms with van der Waals surface area (Å²) in [5, 5.41) is 3.41. The maximum absolute atomic E-state index is 4.62. The molecular weight excluding hydrogens is 274 g/mol. The second-order valence-electron chi connectivity index (χ2n) is 5.66. The zero-order valence-corrected chi connectivity index (χ0v) is 13.9.